The highest BCUT2D eigenvalue weighted by molar-refractivity contribution is 14.0. The fraction of sp³-hybridized carbons (Fsp3) is 0.462. The molecular formula is C13H20IN3OS. The maximum Gasteiger partial charge on any atom is 0.193 e. The Morgan fingerprint density at radius 2 is 1.95 bits per heavy atom. The summed E-state index contributed by atoms with van der Waals surface area (Å²) >= 11 is 1.88. The Labute approximate surface area is 135 Å². The molecule has 0 spiro atoms. The lowest BCUT2D eigenvalue weighted by Crippen LogP contribution is -2.38. The third-order valence-corrected chi connectivity index (χ3v) is 4.00. The van der Waals surface area contributed by atoms with Crippen molar-refractivity contribution in [2.24, 2.45) is 10.7 Å². The van der Waals surface area contributed by atoms with E-state index in [9.17, 15) is 5.11 Å². The molecule has 4 N–H and O–H groups in total. The van der Waals surface area contributed by atoms with Gasteiger partial charge in [-0.2, -0.15) is 11.8 Å². The molecule has 0 bridgehead atoms. The average Bonchev–Trinajstić information content (AvgIpc) is 2.39. The summed E-state index contributed by atoms with van der Waals surface area (Å²) in [4.78, 5) is 4.24. The topological polar surface area (TPSA) is 70.6 Å². The highest BCUT2D eigenvalue weighted by Crippen LogP contribution is 2.27. The van der Waals surface area contributed by atoms with Crippen LogP contribution in [0.4, 0.5) is 5.69 Å². The standard InChI is InChI=1S/C13H19N3OS.HI/c14-12(16-11-4-2-1-3-5-11)15-10-13(17)6-8-18-9-7-13;/h1-5,17H,6-10H2,(H3,14,15,16);1H. The number of nitrogens with one attached hydrogen (secondary N) is 1. The number of aliphatic imine (C=N–C) groups is 1. The molecular weight excluding hydrogens is 373 g/mol. The largest absolute Gasteiger partial charge is 0.388 e. The van der Waals surface area contributed by atoms with Crippen molar-refractivity contribution >= 4 is 47.4 Å². The molecule has 1 heterocycles. The van der Waals surface area contributed by atoms with Crippen LogP contribution in [0.15, 0.2) is 35.3 Å². The summed E-state index contributed by atoms with van der Waals surface area (Å²) < 4.78 is 0. The van der Waals surface area contributed by atoms with Gasteiger partial charge in [-0.25, -0.2) is 0 Å². The van der Waals surface area contributed by atoms with Crippen LogP contribution in [-0.2, 0) is 0 Å². The highest BCUT2D eigenvalue weighted by Gasteiger charge is 2.29. The lowest BCUT2D eigenvalue weighted by atomic mass is 9.97. The number of nitrogens with zero attached hydrogens (tertiary/aromatic N) is 1. The van der Waals surface area contributed by atoms with Crippen LogP contribution in [-0.4, -0.2) is 34.7 Å². The fourth-order valence-electron chi connectivity index (χ4n) is 1.85. The fourth-order valence-corrected chi connectivity index (χ4v) is 3.10. The number of aliphatic hydroxyl groups is 1. The summed E-state index contributed by atoms with van der Waals surface area (Å²) in [6, 6.07) is 9.66. The van der Waals surface area contributed by atoms with E-state index < -0.39 is 5.60 Å². The van der Waals surface area contributed by atoms with Crippen LogP contribution >= 0.6 is 35.7 Å². The van der Waals surface area contributed by atoms with E-state index in [0.29, 0.717) is 12.5 Å². The molecule has 0 amide bonds. The molecule has 2 rings (SSSR count). The van der Waals surface area contributed by atoms with Crippen LogP contribution in [0.2, 0.25) is 0 Å². The number of halogens is 1. The van der Waals surface area contributed by atoms with Crippen LogP contribution in [0.25, 0.3) is 0 Å². The second kappa shape index (κ2) is 7.96. The zero-order chi connectivity index (χ0) is 12.8. The van der Waals surface area contributed by atoms with Gasteiger partial charge < -0.3 is 16.2 Å². The number of hydrogen-bond donors (Lipinski definition) is 3. The van der Waals surface area contributed by atoms with Crippen LogP contribution in [0.5, 0.6) is 0 Å². The summed E-state index contributed by atoms with van der Waals surface area (Å²) in [5, 5.41) is 13.3. The van der Waals surface area contributed by atoms with Crippen molar-refractivity contribution in [3.63, 3.8) is 0 Å². The number of benzene rings is 1. The van der Waals surface area contributed by atoms with Crippen LogP contribution in [0.3, 0.4) is 0 Å². The van der Waals surface area contributed by atoms with E-state index in [4.69, 9.17) is 5.73 Å². The molecule has 0 unspecified atom stereocenters. The lowest BCUT2D eigenvalue weighted by molar-refractivity contribution is 0.0416. The molecule has 1 aromatic carbocycles. The zero-order valence-electron chi connectivity index (χ0n) is 10.7. The minimum Gasteiger partial charge on any atom is -0.388 e. The van der Waals surface area contributed by atoms with E-state index in [1.165, 1.54) is 0 Å². The van der Waals surface area contributed by atoms with Crippen LogP contribution < -0.4 is 11.1 Å². The van der Waals surface area contributed by atoms with Crippen molar-refractivity contribution in [2.75, 3.05) is 23.4 Å². The summed E-state index contributed by atoms with van der Waals surface area (Å²) in [5.74, 6) is 2.35. The number of guanidine groups is 1. The number of thioether (sulfide) groups is 1. The molecule has 4 nitrogen and oxygen atoms in total. The highest BCUT2D eigenvalue weighted by atomic mass is 127. The quantitative estimate of drug-likeness (QED) is 0.419. The Morgan fingerprint density at radius 1 is 1.32 bits per heavy atom. The predicted octanol–water partition coefficient (Wildman–Crippen LogP) is 2.29. The van der Waals surface area contributed by atoms with Crippen molar-refractivity contribution in [1.29, 1.82) is 0 Å². The van der Waals surface area contributed by atoms with Crippen molar-refractivity contribution in [3.05, 3.63) is 30.3 Å². The second-order valence-electron chi connectivity index (χ2n) is 4.53. The third-order valence-electron chi connectivity index (χ3n) is 3.01. The minimum absolute atomic E-state index is 0. The molecule has 6 heteroatoms. The first-order valence-electron chi connectivity index (χ1n) is 6.10. The molecule has 0 aromatic heterocycles. The number of para-hydroxylation sites is 1. The van der Waals surface area contributed by atoms with Gasteiger partial charge in [0.25, 0.3) is 0 Å². The summed E-state index contributed by atoms with van der Waals surface area (Å²) in [6.07, 6.45) is 1.58. The first-order valence-corrected chi connectivity index (χ1v) is 7.26. The minimum atomic E-state index is -0.672. The smallest absolute Gasteiger partial charge is 0.193 e. The molecule has 1 aromatic rings. The van der Waals surface area contributed by atoms with Gasteiger partial charge in [0.15, 0.2) is 5.96 Å². The monoisotopic (exact) mass is 393 g/mol. The molecule has 1 fully saturated rings. The van der Waals surface area contributed by atoms with Crippen LogP contribution in [0.1, 0.15) is 12.8 Å². The van der Waals surface area contributed by atoms with E-state index in [0.717, 1.165) is 30.0 Å². The molecule has 106 valence electrons. The molecule has 0 radical (unpaired) electrons. The second-order valence-corrected chi connectivity index (χ2v) is 5.75. The number of hydrogen-bond acceptors (Lipinski definition) is 3. The average molecular weight is 393 g/mol. The molecule has 19 heavy (non-hydrogen) atoms. The van der Waals surface area contributed by atoms with E-state index in [1.54, 1.807) is 0 Å². The molecule has 1 aliphatic rings. The normalized spacial score (nSPS) is 18.5. The number of anilines is 1. The van der Waals surface area contributed by atoms with Gasteiger partial charge in [0.2, 0.25) is 0 Å². The van der Waals surface area contributed by atoms with Gasteiger partial charge in [0.1, 0.15) is 0 Å². The molecule has 0 saturated carbocycles. The molecule has 1 saturated heterocycles. The Kier molecular flexibility index (Phi) is 6.95. The lowest BCUT2D eigenvalue weighted by Gasteiger charge is -2.30. The van der Waals surface area contributed by atoms with Gasteiger partial charge in [-0.1, -0.05) is 18.2 Å². The van der Waals surface area contributed by atoms with Gasteiger partial charge in [0, 0.05) is 5.69 Å². The van der Waals surface area contributed by atoms with Gasteiger partial charge in [-0.3, -0.25) is 4.99 Å². The van der Waals surface area contributed by atoms with Gasteiger partial charge in [-0.05, 0) is 36.5 Å². The predicted molar refractivity (Wildman–Crippen MR) is 93.5 cm³/mol. The Bertz CT molecular complexity index is 408. The van der Waals surface area contributed by atoms with Crippen molar-refractivity contribution in [3.8, 4) is 0 Å². The molecule has 0 atom stereocenters. The van der Waals surface area contributed by atoms with Crippen molar-refractivity contribution in [2.45, 2.75) is 18.4 Å². The van der Waals surface area contributed by atoms with E-state index in [-0.39, 0.29) is 24.0 Å². The van der Waals surface area contributed by atoms with Gasteiger partial charge in [0.05, 0.1) is 12.1 Å². The van der Waals surface area contributed by atoms with Crippen molar-refractivity contribution < 1.29 is 5.11 Å². The first-order chi connectivity index (χ1) is 8.68. The Hall–Kier alpha value is -0.470. The zero-order valence-corrected chi connectivity index (χ0v) is 13.9. The summed E-state index contributed by atoms with van der Waals surface area (Å²) in [7, 11) is 0. The Morgan fingerprint density at radius 3 is 2.58 bits per heavy atom. The summed E-state index contributed by atoms with van der Waals surface area (Å²) in [5.41, 5.74) is 6.04. The SMILES string of the molecule is I.NC(=NCC1(O)CCSCC1)Nc1ccccc1. The van der Waals surface area contributed by atoms with Crippen LogP contribution in [0, 0.1) is 0 Å². The third kappa shape index (κ3) is 5.58. The Balaban J connectivity index is 0.00000180. The van der Waals surface area contributed by atoms with E-state index in [2.05, 4.69) is 10.3 Å². The van der Waals surface area contributed by atoms with E-state index in [1.807, 2.05) is 42.1 Å². The maximum absolute atomic E-state index is 10.3. The number of rotatable bonds is 3. The molecule has 1 aliphatic heterocycles. The van der Waals surface area contributed by atoms with Crippen molar-refractivity contribution in [1.82, 2.24) is 0 Å². The first kappa shape index (κ1) is 16.6. The van der Waals surface area contributed by atoms with Gasteiger partial charge >= 0.3 is 0 Å². The number of nitrogens with two attached hydrogens (primary N) is 1. The van der Waals surface area contributed by atoms with Gasteiger partial charge in [-0.15, -0.1) is 24.0 Å². The maximum atomic E-state index is 10.3. The molecule has 0 aliphatic carbocycles. The van der Waals surface area contributed by atoms with E-state index >= 15 is 0 Å². The summed E-state index contributed by atoms with van der Waals surface area (Å²) in [6.45, 7) is 0.374.